The van der Waals surface area contributed by atoms with Crippen molar-refractivity contribution < 1.29 is 0 Å². The second-order valence-electron chi connectivity index (χ2n) is 9.43. The SMILES string of the molecule is Cc1ccc2c(c1)C1(CCN(C3CCCCC4CCCC43)CC1)CN2. The van der Waals surface area contributed by atoms with Crippen LogP contribution in [0.5, 0.6) is 0 Å². The Labute approximate surface area is 153 Å². The molecular weight excluding hydrogens is 304 g/mol. The molecule has 2 saturated carbocycles. The maximum Gasteiger partial charge on any atom is 0.0379 e. The van der Waals surface area contributed by atoms with Gasteiger partial charge in [0.2, 0.25) is 0 Å². The number of likely N-dealkylation sites (tertiary alicyclic amines) is 1. The molecule has 1 aromatic rings. The van der Waals surface area contributed by atoms with E-state index in [1.807, 2.05) is 0 Å². The summed E-state index contributed by atoms with van der Waals surface area (Å²) in [6.45, 7) is 6.05. The molecular formula is C23H34N2. The Morgan fingerprint density at radius 3 is 2.68 bits per heavy atom. The van der Waals surface area contributed by atoms with E-state index in [0.29, 0.717) is 5.41 Å². The maximum atomic E-state index is 3.71. The van der Waals surface area contributed by atoms with Crippen molar-refractivity contribution in [3.63, 3.8) is 0 Å². The molecule has 3 unspecified atom stereocenters. The van der Waals surface area contributed by atoms with E-state index < -0.39 is 0 Å². The largest absolute Gasteiger partial charge is 0.384 e. The predicted molar refractivity (Wildman–Crippen MR) is 105 cm³/mol. The summed E-state index contributed by atoms with van der Waals surface area (Å²) >= 11 is 0. The van der Waals surface area contributed by atoms with Crippen LogP contribution in [-0.4, -0.2) is 30.6 Å². The fraction of sp³-hybridized carbons (Fsp3) is 0.739. The number of aryl methyl sites for hydroxylation is 1. The monoisotopic (exact) mass is 338 g/mol. The summed E-state index contributed by atoms with van der Waals surface area (Å²) < 4.78 is 0. The van der Waals surface area contributed by atoms with Crippen molar-refractivity contribution in [1.29, 1.82) is 0 Å². The molecule has 5 rings (SSSR count). The molecule has 2 aliphatic heterocycles. The Morgan fingerprint density at radius 1 is 1.00 bits per heavy atom. The molecule has 1 N–H and O–H groups in total. The third kappa shape index (κ3) is 2.72. The zero-order valence-corrected chi connectivity index (χ0v) is 15.9. The Hall–Kier alpha value is -1.02. The molecule has 1 saturated heterocycles. The molecule has 136 valence electrons. The molecule has 0 bridgehead atoms. The number of hydrogen-bond acceptors (Lipinski definition) is 2. The highest BCUT2D eigenvalue weighted by molar-refractivity contribution is 5.61. The van der Waals surface area contributed by atoms with Crippen molar-refractivity contribution in [1.82, 2.24) is 4.90 Å². The van der Waals surface area contributed by atoms with Crippen LogP contribution in [0.4, 0.5) is 5.69 Å². The van der Waals surface area contributed by atoms with Crippen LogP contribution in [0.2, 0.25) is 0 Å². The molecule has 0 amide bonds. The van der Waals surface area contributed by atoms with Crippen LogP contribution in [0.1, 0.15) is 68.9 Å². The van der Waals surface area contributed by atoms with E-state index in [4.69, 9.17) is 0 Å². The molecule has 25 heavy (non-hydrogen) atoms. The smallest absolute Gasteiger partial charge is 0.0379 e. The first kappa shape index (κ1) is 16.2. The molecule has 3 fully saturated rings. The van der Waals surface area contributed by atoms with Gasteiger partial charge in [-0.05, 0) is 69.2 Å². The number of nitrogens with one attached hydrogen (secondary N) is 1. The van der Waals surface area contributed by atoms with Crippen LogP contribution in [0.25, 0.3) is 0 Å². The first-order valence-corrected chi connectivity index (χ1v) is 10.8. The highest BCUT2D eigenvalue weighted by atomic mass is 15.2. The molecule has 0 radical (unpaired) electrons. The van der Waals surface area contributed by atoms with Crippen molar-refractivity contribution >= 4 is 5.69 Å². The van der Waals surface area contributed by atoms with E-state index in [2.05, 4.69) is 35.3 Å². The number of benzene rings is 1. The minimum Gasteiger partial charge on any atom is -0.384 e. The van der Waals surface area contributed by atoms with E-state index in [1.54, 1.807) is 5.56 Å². The predicted octanol–water partition coefficient (Wildman–Crippen LogP) is 5.11. The van der Waals surface area contributed by atoms with Gasteiger partial charge in [-0.25, -0.2) is 0 Å². The number of fused-ring (bicyclic) bond motifs is 3. The van der Waals surface area contributed by atoms with Crippen molar-refractivity contribution in [3.05, 3.63) is 29.3 Å². The van der Waals surface area contributed by atoms with Gasteiger partial charge in [-0.1, -0.05) is 49.8 Å². The summed E-state index contributed by atoms with van der Waals surface area (Å²) in [6, 6.07) is 7.92. The van der Waals surface area contributed by atoms with E-state index in [0.717, 1.165) is 24.4 Å². The Kier molecular flexibility index (Phi) is 4.08. The lowest BCUT2D eigenvalue weighted by atomic mass is 9.73. The number of piperidine rings is 1. The number of nitrogens with zero attached hydrogens (tertiary/aromatic N) is 1. The lowest BCUT2D eigenvalue weighted by Crippen LogP contribution is -2.50. The highest BCUT2D eigenvalue weighted by Crippen LogP contribution is 2.47. The molecule has 4 aliphatic rings. The van der Waals surface area contributed by atoms with Crippen molar-refractivity contribution in [3.8, 4) is 0 Å². The van der Waals surface area contributed by atoms with Crippen molar-refractivity contribution in [2.45, 2.75) is 76.2 Å². The quantitative estimate of drug-likeness (QED) is 0.765. The van der Waals surface area contributed by atoms with Crippen LogP contribution in [0.15, 0.2) is 18.2 Å². The van der Waals surface area contributed by atoms with Gasteiger partial charge in [-0.3, -0.25) is 0 Å². The fourth-order valence-electron chi connectivity index (χ4n) is 6.70. The first-order valence-electron chi connectivity index (χ1n) is 10.8. The summed E-state index contributed by atoms with van der Waals surface area (Å²) in [6.07, 6.45) is 13.2. The molecule has 2 nitrogen and oxygen atoms in total. The first-order chi connectivity index (χ1) is 12.3. The summed E-state index contributed by atoms with van der Waals surface area (Å²) in [4.78, 5) is 2.92. The lowest BCUT2D eigenvalue weighted by Gasteiger charge is -2.45. The number of rotatable bonds is 1. The van der Waals surface area contributed by atoms with Gasteiger partial charge < -0.3 is 10.2 Å². The third-order valence-electron chi connectivity index (χ3n) is 8.12. The van der Waals surface area contributed by atoms with Crippen LogP contribution < -0.4 is 5.32 Å². The minimum atomic E-state index is 0.414. The second-order valence-corrected chi connectivity index (χ2v) is 9.43. The molecule has 2 heterocycles. The lowest BCUT2D eigenvalue weighted by molar-refractivity contribution is 0.0728. The molecule has 2 aliphatic carbocycles. The fourth-order valence-corrected chi connectivity index (χ4v) is 6.70. The number of anilines is 1. The molecule has 0 aromatic heterocycles. The Bertz CT molecular complexity index is 629. The zero-order chi connectivity index (χ0) is 16.9. The topological polar surface area (TPSA) is 15.3 Å². The Balaban J connectivity index is 1.33. The van der Waals surface area contributed by atoms with Crippen molar-refractivity contribution in [2.24, 2.45) is 11.8 Å². The van der Waals surface area contributed by atoms with Crippen molar-refractivity contribution in [2.75, 3.05) is 25.0 Å². The summed E-state index contributed by atoms with van der Waals surface area (Å²) in [5.74, 6) is 2.08. The molecule has 2 heteroatoms. The standard InChI is InChI=1S/C23H34N2/c1-17-9-10-21-20(15-17)23(16-24-21)11-13-25(14-12-23)22-8-3-2-5-18-6-4-7-19(18)22/h9-10,15,18-19,22,24H,2-8,11-14,16H2,1H3. The average molecular weight is 339 g/mol. The van der Waals surface area contributed by atoms with Gasteiger partial charge in [0.25, 0.3) is 0 Å². The Morgan fingerprint density at radius 2 is 1.80 bits per heavy atom. The zero-order valence-electron chi connectivity index (χ0n) is 15.9. The van der Waals surface area contributed by atoms with Crippen LogP contribution >= 0.6 is 0 Å². The van der Waals surface area contributed by atoms with Gasteiger partial charge in [0.15, 0.2) is 0 Å². The van der Waals surface area contributed by atoms with Gasteiger partial charge in [0.05, 0.1) is 0 Å². The van der Waals surface area contributed by atoms with E-state index in [-0.39, 0.29) is 0 Å². The van der Waals surface area contributed by atoms with Gasteiger partial charge in [0, 0.05) is 23.7 Å². The van der Waals surface area contributed by atoms with Crippen LogP contribution in [-0.2, 0) is 5.41 Å². The summed E-state index contributed by atoms with van der Waals surface area (Å²) in [7, 11) is 0. The van der Waals surface area contributed by atoms with Gasteiger partial charge >= 0.3 is 0 Å². The maximum absolute atomic E-state index is 3.71. The third-order valence-corrected chi connectivity index (χ3v) is 8.12. The van der Waals surface area contributed by atoms with E-state index in [1.165, 1.54) is 82.1 Å². The summed E-state index contributed by atoms with van der Waals surface area (Å²) in [5.41, 5.74) is 4.86. The normalized spacial score (nSPS) is 34.4. The minimum absolute atomic E-state index is 0.414. The van der Waals surface area contributed by atoms with Gasteiger partial charge in [-0.2, -0.15) is 0 Å². The van der Waals surface area contributed by atoms with Crippen LogP contribution in [0.3, 0.4) is 0 Å². The van der Waals surface area contributed by atoms with E-state index in [9.17, 15) is 0 Å². The second kappa shape index (κ2) is 6.30. The number of hydrogen-bond donors (Lipinski definition) is 1. The molecule has 3 atom stereocenters. The molecule has 1 aromatic carbocycles. The highest BCUT2D eigenvalue weighted by Gasteiger charge is 2.44. The molecule has 1 spiro atoms. The van der Waals surface area contributed by atoms with Gasteiger partial charge in [-0.15, -0.1) is 0 Å². The van der Waals surface area contributed by atoms with E-state index >= 15 is 0 Å². The van der Waals surface area contributed by atoms with Gasteiger partial charge in [0.1, 0.15) is 0 Å². The average Bonchev–Trinajstić information content (AvgIpc) is 3.17. The summed E-state index contributed by atoms with van der Waals surface area (Å²) in [5, 5.41) is 3.71. The van der Waals surface area contributed by atoms with Crippen LogP contribution in [0, 0.1) is 18.8 Å².